The van der Waals surface area contributed by atoms with Crippen LogP contribution in [0.3, 0.4) is 0 Å². The number of hydrogen-bond donors (Lipinski definition) is 2. The van der Waals surface area contributed by atoms with E-state index < -0.39 is 78.1 Å². The second-order valence-electron chi connectivity index (χ2n) is 13.8. The Morgan fingerprint density at radius 1 is 1.00 bits per heavy atom. The number of hydrogen-bond acceptors (Lipinski definition) is 7. The molecule has 4 rings (SSSR count). The van der Waals surface area contributed by atoms with Crippen molar-refractivity contribution in [1.82, 2.24) is 15.5 Å². The van der Waals surface area contributed by atoms with Crippen LogP contribution >= 0.6 is 0 Å². The van der Waals surface area contributed by atoms with E-state index in [4.69, 9.17) is 4.74 Å². The SMILES string of the molecule is COC(=O)C(=O)C(CC1CC1)NC(=O)[C@@H]1[C@@H]2C(CN1C(=O)[C@@H](NC(=O)OC(C)(C)C)C1CCC(F)(F)CC1)C2(C)C. The fourth-order valence-corrected chi connectivity index (χ4v) is 6.62. The Labute approximate surface area is 239 Å². The van der Waals surface area contributed by atoms with Crippen LogP contribution in [-0.2, 0) is 28.7 Å². The molecule has 5 atom stereocenters. The van der Waals surface area contributed by atoms with Crippen LogP contribution in [0.1, 0.15) is 79.6 Å². The summed E-state index contributed by atoms with van der Waals surface area (Å²) < 4.78 is 37.9. The minimum Gasteiger partial charge on any atom is -0.463 e. The average Bonchev–Trinajstić information content (AvgIpc) is 3.72. The fourth-order valence-electron chi connectivity index (χ4n) is 6.62. The molecule has 4 aliphatic rings. The van der Waals surface area contributed by atoms with Gasteiger partial charge in [0.2, 0.25) is 17.7 Å². The predicted octanol–water partition coefficient (Wildman–Crippen LogP) is 3.22. The van der Waals surface area contributed by atoms with Gasteiger partial charge in [-0.1, -0.05) is 26.7 Å². The lowest BCUT2D eigenvalue weighted by Crippen LogP contribution is -2.60. The zero-order chi connectivity index (χ0) is 30.5. The lowest BCUT2D eigenvalue weighted by Gasteiger charge is -2.38. The molecule has 41 heavy (non-hydrogen) atoms. The maximum absolute atomic E-state index is 14.1. The number of alkyl halides is 2. The average molecular weight is 584 g/mol. The largest absolute Gasteiger partial charge is 0.463 e. The summed E-state index contributed by atoms with van der Waals surface area (Å²) in [5.74, 6) is -6.34. The summed E-state index contributed by atoms with van der Waals surface area (Å²) in [6, 6.07) is -3.17. The Kier molecular flexibility index (Phi) is 8.46. The van der Waals surface area contributed by atoms with Gasteiger partial charge in [0, 0.05) is 19.4 Å². The Balaban J connectivity index is 1.57. The summed E-state index contributed by atoms with van der Waals surface area (Å²) in [5, 5.41) is 5.36. The van der Waals surface area contributed by atoms with Crippen LogP contribution in [0.25, 0.3) is 0 Å². The molecule has 0 aromatic heterocycles. The molecule has 1 aliphatic heterocycles. The molecule has 0 aromatic carbocycles. The van der Waals surface area contributed by atoms with Crippen molar-refractivity contribution in [3.8, 4) is 0 Å². The van der Waals surface area contributed by atoms with Crippen LogP contribution in [0.2, 0.25) is 0 Å². The highest BCUT2D eigenvalue weighted by Gasteiger charge is 2.70. The maximum Gasteiger partial charge on any atom is 0.408 e. The van der Waals surface area contributed by atoms with Gasteiger partial charge in [0.25, 0.3) is 5.78 Å². The van der Waals surface area contributed by atoms with Crippen molar-refractivity contribution in [1.29, 1.82) is 0 Å². The third-order valence-electron chi connectivity index (χ3n) is 9.22. The molecule has 0 bridgehead atoms. The van der Waals surface area contributed by atoms with Crippen molar-refractivity contribution < 1.29 is 42.2 Å². The van der Waals surface area contributed by atoms with Crippen molar-refractivity contribution in [3.05, 3.63) is 0 Å². The van der Waals surface area contributed by atoms with E-state index in [0.717, 1.165) is 20.0 Å². The number of carbonyl (C=O) groups excluding carboxylic acids is 5. The summed E-state index contributed by atoms with van der Waals surface area (Å²) in [5.41, 5.74) is -1.08. The highest BCUT2D eigenvalue weighted by Crippen LogP contribution is 2.65. The molecule has 3 saturated carbocycles. The number of ketones is 1. The highest BCUT2D eigenvalue weighted by atomic mass is 19.3. The Morgan fingerprint density at radius 2 is 1.61 bits per heavy atom. The van der Waals surface area contributed by atoms with E-state index in [2.05, 4.69) is 15.4 Å². The molecule has 3 aliphatic carbocycles. The van der Waals surface area contributed by atoms with Crippen molar-refractivity contribution in [3.63, 3.8) is 0 Å². The molecule has 4 fully saturated rings. The molecule has 1 saturated heterocycles. The molecule has 2 unspecified atom stereocenters. The number of halogens is 2. The number of likely N-dealkylation sites (tertiary alicyclic amines) is 1. The van der Waals surface area contributed by atoms with Gasteiger partial charge in [0.05, 0.1) is 13.2 Å². The van der Waals surface area contributed by atoms with E-state index in [-0.39, 0.29) is 42.6 Å². The molecule has 12 heteroatoms. The minimum absolute atomic E-state index is 0.0123. The summed E-state index contributed by atoms with van der Waals surface area (Å²) in [7, 11) is 1.10. The molecule has 0 spiro atoms. The third kappa shape index (κ3) is 6.99. The number of methoxy groups -OCH3 is 1. The molecular formula is C29H43F2N3O7. The maximum atomic E-state index is 14.1. The zero-order valence-corrected chi connectivity index (χ0v) is 24.8. The quantitative estimate of drug-likeness (QED) is 0.315. The third-order valence-corrected chi connectivity index (χ3v) is 9.22. The standard InChI is InChI=1S/C29H43F2N3O7/c1-27(2,3)41-26(39)33-20(16-9-11-29(30,31)12-10-16)24(37)34-14-17-19(28(17,4)5)21(34)23(36)32-18(13-15-7-8-15)22(35)25(38)40-6/h15-21H,7-14H2,1-6H3,(H,32,36)(H,33,39)/t17?,18?,19-,20-,21-/m0/s1. The fraction of sp³-hybridized carbons (Fsp3) is 0.828. The molecule has 10 nitrogen and oxygen atoms in total. The van der Waals surface area contributed by atoms with Gasteiger partial charge in [0.15, 0.2) is 0 Å². The minimum atomic E-state index is -2.83. The first kappa shape index (κ1) is 31.2. The number of fused-ring (bicyclic) bond motifs is 1. The smallest absolute Gasteiger partial charge is 0.408 e. The molecule has 230 valence electrons. The first-order chi connectivity index (χ1) is 18.9. The molecule has 3 amide bonds. The summed E-state index contributed by atoms with van der Waals surface area (Å²) >= 11 is 0. The molecule has 2 N–H and O–H groups in total. The predicted molar refractivity (Wildman–Crippen MR) is 143 cm³/mol. The van der Waals surface area contributed by atoms with E-state index >= 15 is 0 Å². The van der Waals surface area contributed by atoms with E-state index in [1.54, 1.807) is 20.8 Å². The van der Waals surface area contributed by atoms with Crippen molar-refractivity contribution in [2.45, 2.75) is 109 Å². The van der Waals surface area contributed by atoms with Gasteiger partial charge in [-0.2, -0.15) is 0 Å². The number of alkyl carbamates (subject to hydrolysis) is 1. The van der Waals surface area contributed by atoms with Crippen molar-refractivity contribution in [2.75, 3.05) is 13.7 Å². The number of esters is 1. The van der Waals surface area contributed by atoms with Crippen LogP contribution < -0.4 is 10.6 Å². The topological polar surface area (TPSA) is 131 Å². The van der Waals surface area contributed by atoms with E-state index in [1.807, 2.05) is 13.8 Å². The summed E-state index contributed by atoms with van der Waals surface area (Å²) in [4.78, 5) is 66.8. The number of amides is 3. The second kappa shape index (κ2) is 11.1. The van der Waals surface area contributed by atoms with Gasteiger partial charge < -0.3 is 25.0 Å². The lowest BCUT2D eigenvalue weighted by atomic mass is 9.81. The van der Waals surface area contributed by atoms with Crippen molar-refractivity contribution in [2.24, 2.45) is 29.1 Å². The number of piperidine rings is 1. The van der Waals surface area contributed by atoms with Crippen LogP contribution in [0, 0.1) is 29.1 Å². The number of Topliss-reactive ketones (excluding diaryl/α,β-unsaturated/α-hetero) is 1. The highest BCUT2D eigenvalue weighted by molar-refractivity contribution is 6.36. The van der Waals surface area contributed by atoms with Gasteiger partial charge in [-0.15, -0.1) is 0 Å². The lowest BCUT2D eigenvalue weighted by molar-refractivity contribution is -0.153. The number of rotatable bonds is 9. The second-order valence-corrected chi connectivity index (χ2v) is 13.8. The molecular weight excluding hydrogens is 540 g/mol. The van der Waals surface area contributed by atoms with Gasteiger partial charge in [0.1, 0.15) is 17.7 Å². The van der Waals surface area contributed by atoms with Gasteiger partial charge in [-0.25, -0.2) is 18.4 Å². The molecule has 1 heterocycles. The van der Waals surface area contributed by atoms with Crippen LogP contribution in [-0.4, -0.2) is 77.9 Å². The normalized spacial score (nSPS) is 28.1. The van der Waals surface area contributed by atoms with Gasteiger partial charge in [-0.05, 0) is 69.1 Å². The van der Waals surface area contributed by atoms with Crippen molar-refractivity contribution >= 4 is 29.7 Å². The molecule has 0 aromatic rings. The number of nitrogens with zero attached hydrogens (tertiary/aromatic N) is 1. The Bertz CT molecular complexity index is 1070. The van der Waals surface area contributed by atoms with E-state index in [9.17, 15) is 32.8 Å². The first-order valence-corrected chi connectivity index (χ1v) is 14.6. The van der Waals surface area contributed by atoms with E-state index in [0.29, 0.717) is 6.42 Å². The molecule has 0 radical (unpaired) electrons. The van der Waals surface area contributed by atoms with E-state index in [1.165, 1.54) is 4.90 Å². The monoisotopic (exact) mass is 583 g/mol. The zero-order valence-electron chi connectivity index (χ0n) is 24.8. The van der Waals surface area contributed by atoms with Gasteiger partial charge >= 0.3 is 12.1 Å². The number of carbonyl (C=O) groups is 5. The summed E-state index contributed by atoms with van der Waals surface area (Å²) in [6.45, 7) is 9.29. The van der Waals surface area contributed by atoms with Crippen LogP contribution in [0.4, 0.5) is 13.6 Å². The Hall–Kier alpha value is -2.79. The Morgan fingerprint density at radius 3 is 2.15 bits per heavy atom. The van der Waals surface area contributed by atoms with Crippen LogP contribution in [0.15, 0.2) is 0 Å². The van der Waals surface area contributed by atoms with Crippen LogP contribution in [0.5, 0.6) is 0 Å². The number of ether oxygens (including phenoxy) is 2. The first-order valence-electron chi connectivity index (χ1n) is 14.6. The number of nitrogens with one attached hydrogen (secondary N) is 2. The summed E-state index contributed by atoms with van der Waals surface area (Å²) in [6.07, 6.45) is 0.495. The van der Waals surface area contributed by atoms with Gasteiger partial charge in [-0.3, -0.25) is 14.4 Å².